The van der Waals surface area contributed by atoms with Crippen LogP contribution in [0.4, 0.5) is 0 Å². The first-order valence-electron chi connectivity index (χ1n) is 12.1. The summed E-state index contributed by atoms with van der Waals surface area (Å²) in [4.78, 5) is 26.0. The van der Waals surface area contributed by atoms with Crippen LogP contribution < -0.4 is 29.6 Å². The van der Waals surface area contributed by atoms with Crippen molar-refractivity contribution >= 4 is 11.8 Å². The van der Waals surface area contributed by atoms with Gasteiger partial charge in [-0.3, -0.25) is 9.59 Å². The van der Waals surface area contributed by atoms with Crippen molar-refractivity contribution in [1.29, 1.82) is 0 Å². The van der Waals surface area contributed by atoms with Crippen LogP contribution in [0.2, 0.25) is 0 Å². The lowest BCUT2D eigenvalue weighted by molar-refractivity contribution is 0.0592. The number of nitrogens with one attached hydrogen (secondary N) is 2. The molecule has 0 bridgehead atoms. The van der Waals surface area contributed by atoms with Crippen molar-refractivity contribution < 1.29 is 28.5 Å². The summed E-state index contributed by atoms with van der Waals surface area (Å²) in [6.07, 6.45) is 2.53. The summed E-state index contributed by atoms with van der Waals surface area (Å²) in [6.45, 7) is 7.07. The molecule has 0 unspecified atom stereocenters. The fourth-order valence-corrected chi connectivity index (χ4v) is 5.49. The van der Waals surface area contributed by atoms with Crippen molar-refractivity contribution in [2.75, 3.05) is 35.0 Å². The van der Waals surface area contributed by atoms with Gasteiger partial charge in [0.25, 0.3) is 11.8 Å². The van der Waals surface area contributed by atoms with E-state index in [1.807, 2.05) is 0 Å². The van der Waals surface area contributed by atoms with Crippen molar-refractivity contribution in [3.05, 3.63) is 47.5 Å². The highest BCUT2D eigenvalue weighted by Gasteiger charge is 2.42. The van der Waals surface area contributed by atoms with Crippen LogP contribution in [0.5, 0.6) is 23.0 Å². The second-order valence-corrected chi connectivity index (χ2v) is 10.6. The molecule has 1 fully saturated rings. The van der Waals surface area contributed by atoms with E-state index < -0.39 is 0 Å². The van der Waals surface area contributed by atoms with Crippen LogP contribution in [0.3, 0.4) is 0 Å². The third-order valence-corrected chi connectivity index (χ3v) is 6.75. The van der Waals surface area contributed by atoms with E-state index in [1.54, 1.807) is 64.8 Å². The lowest BCUT2D eigenvalue weighted by Gasteiger charge is -2.47. The number of hydrogen-bond acceptors (Lipinski definition) is 6. The fourth-order valence-electron chi connectivity index (χ4n) is 5.49. The first-order valence-corrected chi connectivity index (χ1v) is 12.1. The molecule has 2 N–H and O–H groups in total. The molecule has 3 rings (SSSR count). The maximum Gasteiger partial charge on any atom is 0.251 e. The number of amides is 2. The Bertz CT molecular complexity index is 1100. The molecule has 1 aliphatic rings. The lowest BCUT2D eigenvalue weighted by atomic mass is 9.62. The van der Waals surface area contributed by atoms with E-state index in [0.29, 0.717) is 40.7 Å². The molecule has 1 saturated carbocycles. The fraction of sp³-hybridized carbons (Fsp3) is 0.500. The van der Waals surface area contributed by atoms with Gasteiger partial charge in [-0.05, 0) is 66.5 Å². The lowest BCUT2D eigenvalue weighted by Crippen LogP contribution is -2.50. The van der Waals surface area contributed by atoms with E-state index in [9.17, 15) is 9.59 Å². The Morgan fingerprint density at radius 1 is 0.778 bits per heavy atom. The number of methoxy groups -OCH3 is 4. The summed E-state index contributed by atoms with van der Waals surface area (Å²) < 4.78 is 21.2. The molecule has 196 valence electrons. The van der Waals surface area contributed by atoms with Crippen molar-refractivity contribution in [2.24, 2.45) is 10.8 Å². The van der Waals surface area contributed by atoms with Gasteiger partial charge < -0.3 is 29.6 Å². The molecule has 2 aromatic carbocycles. The molecule has 0 aliphatic heterocycles. The van der Waals surface area contributed by atoms with Gasteiger partial charge in [0.2, 0.25) is 0 Å². The molecule has 2 atom stereocenters. The predicted octanol–water partition coefficient (Wildman–Crippen LogP) is 4.47. The SMILES string of the molecule is COc1ccc(C(=O)NC[C@]2(C)C[C@@H](NC(=O)c3ccc(OC)c(OC)c3)CC(C)(C)C2)cc1OC. The zero-order valence-electron chi connectivity index (χ0n) is 22.3. The standard InChI is InChI=1S/C28H38N2O6/c1-27(2)14-20(30-26(32)19-9-11-22(34-5)24(13-19)36-7)15-28(3,16-27)17-29-25(31)18-8-10-21(33-4)23(12-18)35-6/h8-13,20H,14-17H2,1-7H3,(H,29,31)(H,30,32)/t20-,28+/m0/s1. The van der Waals surface area contributed by atoms with Crippen LogP contribution in [-0.2, 0) is 0 Å². The van der Waals surface area contributed by atoms with Gasteiger partial charge >= 0.3 is 0 Å². The van der Waals surface area contributed by atoms with Crippen molar-refractivity contribution in [1.82, 2.24) is 10.6 Å². The molecule has 8 nitrogen and oxygen atoms in total. The smallest absolute Gasteiger partial charge is 0.251 e. The average Bonchev–Trinajstić information content (AvgIpc) is 2.85. The van der Waals surface area contributed by atoms with E-state index in [2.05, 4.69) is 31.4 Å². The van der Waals surface area contributed by atoms with Gasteiger partial charge in [0.1, 0.15) is 0 Å². The van der Waals surface area contributed by atoms with Crippen LogP contribution in [0, 0.1) is 10.8 Å². The summed E-state index contributed by atoms with van der Waals surface area (Å²) in [5, 5.41) is 6.29. The largest absolute Gasteiger partial charge is 0.493 e. The molecule has 8 heteroatoms. The molecule has 0 heterocycles. The minimum atomic E-state index is -0.191. The molecule has 0 radical (unpaired) electrons. The first-order chi connectivity index (χ1) is 17.0. The molecule has 0 aromatic heterocycles. The minimum Gasteiger partial charge on any atom is -0.493 e. The number of ether oxygens (including phenoxy) is 4. The Kier molecular flexibility index (Phi) is 8.38. The van der Waals surface area contributed by atoms with E-state index in [0.717, 1.165) is 19.3 Å². The van der Waals surface area contributed by atoms with Crippen molar-refractivity contribution in [2.45, 2.75) is 46.1 Å². The Hall–Kier alpha value is -3.42. The summed E-state index contributed by atoms with van der Waals surface area (Å²) in [5.41, 5.74) is 0.823. The first kappa shape index (κ1) is 27.2. The van der Waals surface area contributed by atoms with Crippen LogP contribution in [0.25, 0.3) is 0 Å². The molecule has 0 saturated heterocycles. The van der Waals surface area contributed by atoms with Crippen molar-refractivity contribution in [3.8, 4) is 23.0 Å². The van der Waals surface area contributed by atoms with Gasteiger partial charge in [-0.1, -0.05) is 20.8 Å². The number of hydrogen-bond donors (Lipinski definition) is 2. The third kappa shape index (κ3) is 6.42. The predicted molar refractivity (Wildman–Crippen MR) is 138 cm³/mol. The molecule has 2 aromatic rings. The van der Waals surface area contributed by atoms with Gasteiger partial charge in [0, 0.05) is 23.7 Å². The number of rotatable bonds is 9. The van der Waals surface area contributed by atoms with Crippen LogP contribution in [0.15, 0.2) is 36.4 Å². The molecular formula is C28H38N2O6. The maximum atomic E-state index is 13.1. The second-order valence-electron chi connectivity index (χ2n) is 10.6. The van der Waals surface area contributed by atoms with Gasteiger partial charge in [-0.2, -0.15) is 0 Å². The summed E-state index contributed by atoms with van der Waals surface area (Å²) in [6, 6.07) is 10.2. The number of carbonyl (C=O) groups is 2. The van der Waals surface area contributed by atoms with E-state index in [-0.39, 0.29) is 28.7 Å². The van der Waals surface area contributed by atoms with E-state index in [4.69, 9.17) is 18.9 Å². The highest BCUT2D eigenvalue weighted by molar-refractivity contribution is 5.95. The molecule has 1 aliphatic carbocycles. The topological polar surface area (TPSA) is 95.1 Å². The van der Waals surface area contributed by atoms with Gasteiger partial charge in [-0.15, -0.1) is 0 Å². The Balaban J connectivity index is 1.69. The quantitative estimate of drug-likeness (QED) is 0.530. The van der Waals surface area contributed by atoms with Gasteiger partial charge in [-0.25, -0.2) is 0 Å². The van der Waals surface area contributed by atoms with Gasteiger partial charge in [0.05, 0.1) is 28.4 Å². The summed E-state index contributed by atoms with van der Waals surface area (Å²) in [5.74, 6) is 1.83. The van der Waals surface area contributed by atoms with Gasteiger partial charge in [0.15, 0.2) is 23.0 Å². The highest BCUT2D eigenvalue weighted by Crippen LogP contribution is 2.46. The molecule has 2 amide bonds. The summed E-state index contributed by atoms with van der Waals surface area (Å²) >= 11 is 0. The Morgan fingerprint density at radius 3 is 1.78 bits per heavy atom. The Morgan fingerprint density at radius 2 is 1.28 bits per heavy atom. The highest BCUT2D eigenvalue weighted by atomic mass is 16.5. The second kappa shape index (κ2) is 11.1. The monoisotopic (exact) mass is 498 g/mol. The van der Waals surface area contributed by atoms with E-state index in [1.165, 1.54) is 0 Å². The van der Waals surface area contributed by atoms with E-state index >= 15 is 0 Å². The maximum absolute atomic E-state index is 13.1. The minimum absolute atomic E-state index is 0.00337. The van der Waals surface area contributed by atoms with Crippen LogP contribution in [0.1, 0.15) is 60.7 Å². The molecule has 36 heavy (non-hydrogen) atoms. The number of benzene rings is 2. The molecular weight excluding hydrogens is 460 g/mol. The average molecular weight is 499 g/mol. The zero-order valence-corrected chi connectivity index (χ0v) is 22.3. The third-order valence-electron chi connectivity index (χ3n) is 6.75. The van der Waals surface area contributed by atoms with Crippen molar-refractivity contribution in [3.63, 3.8) is 0 Å². The molecule has 0 spiro atoms. The zero-order chi connectivity index (χ0) is 26.5. The summed E-state index contributed by atoms with van der Waals surface area (Å²) in [7, 11) is 6.21. The van der Waals surface area contributed by atoms with Crippen LogP contribution in [-0.4, -0.2) is 52.8 Å². The Labute approximate surface area is 213 Å². The van der Waals surface area contributed by atoms with Crippen LogP contribution >= 0.6 is 0 Å². The normalized spacial score (nSPS) is 20.7. The number of carbonyl (C=O) groups excluding carboxylic acids is 2.